The number of hydrogen-bond donors (Lipinski definition) is 4. The van der Waals surface area contributed by atoms with Crippen LogP contribution in [0, 0.1) is 5.92 Å². The molecule has 10 heteroatoms. The van der Waals surface area contributed by atoms with Crippen LogP contribution in [0.3, 0.4) is 0 Å². The van der Waals surface area contributed by atoms with Gasteiger partial charge in [-0.1, -0.05) is 13.8 Å². The number of amides is 2. The van der Waals surface area contributed by atoms with Crippen LogP contribution < -0.4 is 16.0 Å². The minimum Gasteiger partial charge on any atom is -0.465 e. The highest BCUT2D eigenvalue weighted by Gasteiger charge is 2.56. The average Bonchev–Trinajstić information content (AvgIpc) is 3.35. The Kier molecular flexibility index (Phi) is 9.51. The molecule has 4 atom stereocenters. The highest BCUT2D eigenvalue weighted by atomic mass is 16.6. The summed E-state index contributed by atoms with van der Waals surface area (Å²) in [5.74, 6) is -0.672. The lowest BCUT2D eigenvalue weighted by Crippen LogP contribution is -2.56. The fraction of sp³-hybridized carbons (Fsp3) is 0.850. The summed E-state index contributed by atoms with van der Waals surface area (Å²) in [5.41, 5.74) is -2.41. The van der Waals surface area contributed by atoms with Crippen molar-refractivity contribution in [3.63, 3.8) is 0 Å². The van der Waals surface area contributed by atoms with Crippen LogP contribution in [0.15, 0.2) is 0 Å². The second-order valence-corrected chi connectivity index (χ2v) is 8.81. The van der Waals surface area contributed by atoms with Crippen LogP contribution in [0.1, 0.15) is 60.8 Å². The molecule has 10 nitrogen and oxygen atoms in total. The van der Waals surface area contributed by atoms with Gasteiger partial charge in [0, 0.05) is 19.9 Å². The summed E-state index contributed by atoms with van der Waals surface area (Å²) < 4.78 is 15.9. The van der Waals surface area contributed by atoms with Crippen LogP contribution in [0.4, 0.5) is 4.79 Å². The highest BCUT2D eigenvalue weighted by Crippen LogP contribution is 2.34. The summed E-state index contributed by atoms with van der Waals surface area (Å²) in [4.78, 5) is 36.0. The lowest BCUT2D eigenvalue weighted by Gasteiger charge is -2.31. The lowest BCUT2D eigenvalue weighted by atomic mass is 9.96. The van der Waals surface area contributed by atoms with Gasteiger partial charge >= 0.3 is 12.1 Å². The summed E-state index contributed by atoms with van der Waals surface area (Å²) in [5, 5.41) is 19.1. The summed E-state index contributed by atoms with van der Waals surface area (Å²) >= 11 is 0. The monoisotopic (exact) mass is 431 g/mol. The molecule has 1 aliphatic heterocycles. The standard InChI is InChI=1S/C20H37N3O7/c1-8-28-17(25)13(9-10-14(24)21-7)22-16-15(29-16)20(27,11-12(2)3)23-18(26)30-19(4,5)6/h12-13,15-16,22,27H,8-11H2,1-7H3,(H,21,24)(H,23,26)/t13-,15?,16?,20?/m0/s1. The Balaban J connectivity index is 2.83. The molecule has 3 unspecified atom stereocenters. The summed E-state index contributed by atoms with van der Waals surface area (Å²) in [6.45, 7) is 10.9. The molecule has 1 heterocycles. The third kappa shape index (κ3) is 8.85. The zero-order valence-electron chi connectivity index (χ0n) is 19.0. The smallest absolute Gasteiger partial charge is 0.409 e. The molecule has 0 radical (unpaired) electrons. The number of epoxide rings is 1. The van der Waals surface area contributed by atoms with E-state index in [4.69, 9.17) is 14.2 Å². The number of aliphatic hydroxyl groups is 1. The van der Waals surface area contributed by atoms with Crippen molar-refractivity contribution in [1.82, 2.24) is 16.0 Å². The summed E-state index contributed by atoms with van der Waals surface area (Å²) in [6.07, 6.45) is -1.70. The zero-order chi connectivity index (χ0) is 23.1. The molecule has 4 N–H and O–H groups in total. The number of carbonyl (C=O) groups excluding carboxylic acids is 3. The van der Waals surface area contributed by atoms with E-state index in [1.807, 2.05) is 13.8 Å². The third-order valence-electron chi connectivity index (χ3n) is 4.27. The van der Waals surface area contributed by atoms with Crippen molar-refractivity contribution in [1.29, 1.82) is 0 Å². The predicted molar refractivity (Wildman–Crippen MR) is 109 cm³/mol. The SMILES string of the molecule is CCOC(=O)[C@H](CCC(=O)NC)NC1OC1C(O)(CC(C)C)NC(=O)OC(C)(C)C. The van der Waals surface area contributed by atoms with E-state index in [0.717, 1.165) is 0 Å². The molecule has 1 fully saturated rings. The molecule has 0 aromatic heterocycles. The maximum Gasteiger partial charge on any atom is 0.409 e. The molecule has 1 aliphatic rings. The van der Waals surface area contributed by atoms with Gasteiger partial charge in [0.2, 0.25) is 5.91 Å². The largest absolute Gasteiger partial charge is 0.465 e. The Hall–Kier alpha value is -1.91. The van der Waals surface area contributed by atoms with Gasteiger partial charge in [-0.3, -0.25) is 20.2 Å². The molecule has 0 aliphatic carbocycles. The van der Waals surface area contributed by atoms with Crippen molar-refractivity contribution < 1.29 is 33.7 Å². The Morgan fingerprint density at radius 1 is 1.20 bits per heavy atom. The van der Waals surface area contributed by atoms with Gasteiger partial charge in [0.05, 0.1) is 6.61 Å². The van der Waals surface area contributed by atoms with Crippen LogP contribution in [-0.2, 0) is 23.8 Å². The Morgan fingerprint density at radius 3 is 2.33 bits per heavy atom. The zero-order valence-corrected chi connectivity index (χ0v) is 19.0. The summed E-state index contributed by atoms with van der Waals surface area (Å²) in [7, 11) is 1.52. The van der Waals surface area contributed by atoms with Gasteiger partial charge in [-0.05, 0) is 40.0 Å². The molecule has 0 aromatic carbocycles. The normalized spacial score (nSPS) is 21.4. The Labute approximate surface area is 178 Å². The number of alkyl carbamates (subject to hydrolysis) is 1. The van der Waals surface area contributed by atoms with E-state index in [2.05, 4.69) is 16.0 Å². The van der Waals surface area contributed by atoms with E-state index in [1.54, 1.807) is 27.7 Å². The molecule has 0 spiro atoms. The van der Waals surface area contributed by atoms with E-state index in [-0.39, 0.29) is 37.7 Å². The summed E-state index contributed by atoms with van der Waals surface area (Å²) in [6, 6.07) is -0.790. The topological polar surface area (TPSA) is 139 Å². The third-order valence-corrected chi connectivity index (χ3v) is 4.27. The van der Waals surface area contributed by atoms with Crippen LogP contribution in [0.25, 0.3) is 0 Å². The molecule has 0 saturated carbocycles. The van der Waals surface area contributed by atoms with Crippen LogP contribution >= 0.6 is 0 Å². The van der Waals surface area contributed by atoms with Gasteiger partial charge in [0.15, 0.2) is 5.72 Å². The van der Waals surface area contributed by atoms with Crippen molar-refractivity contribution in [2.24, 2.45) is 5.92 Å². The maximum absolute atomic E-state index is 12.3. The van der Waals surface area contributed by atoms with Gasteiger partial charge in [0.1, 0.15) is 24.0 Å². The molecular weight excluding hydrogens is 394 g/mol. The first kappa shape index (κ1) is 26.1. The lowest BCUT2D eigenvalue weighted by molar-refractivity contribution is -0.146. The quantitative estimate of drug-likeness (QED) is 0.216. The minimum absolute atomic E-state index is 0.0453. The van der Waals surface area contributed by atoms with Crippen molar-refractivity contribution in [3.05, 3.63) is 0 Å². The predicted octanol–water partition coefficient (Wildman–Crippen LogP) is 1.02. The van der Waals surface area contributed by atoms with Crippen molar-refractivity contribution in [3.8, 4) is 0 Å². The first-order valence-electron chi connectivity index (χ1n) is 10.3. The van der Waals surface area contributed by atoms with E-state index in [9.17, 15) is 19.5 Å². The number of ether oxygens (including phenoxy) is 3. The Morgan fingerprint density at radius 2 is 1.83 bits per heavy atom. The van der Waals surface area contributed by atoms with Gasteiger partial charge in [-0.25, -0.2) is 4.79 Å². The van der Waals surface area contributed by atoms with E-state index in [1.165, 1.54) is 7.05 Å². The number of rotatable bonds is 11. The van der Waals surface area contributed by atoms with Crippen molar-refractivity contribution >= 4 is 18.0 Å². The van der Waals surface area contributed by atoms with E-state index < -0.39 is 41.8 Å². The number of hydrogen-bond acceptors (Lipinski definition) is 8. The highest BCUT2D eigenvalue weighted by molar-refractivity contribution is 5.79. The van der Waals surface area contributed by atoms with Crippen molar-refractivity contribution in [2.45, 2.75) is 90.5 Å². The van der Waals surface area contributed by atoms with Crippen LogP contribution in [0.2, 0.25) is 0 Å². The average molecular weight is 432 g/mol. The van der Waals surface area contributed by atoms with Crippen molar-refractivity contribution in [2.75, 3.05) is 13.7 Å². The number of esters is 1. The van der Waals surface area contributed by atoms with Gasteiger partial charge < -0.3 is 24.6 Å². The molecule has 0 bridgehead atoms. The molecule has 1 saturated heterocycles. The fourth-order valence-electron chi connectivity index (χ4n) is 3.05. The van der Waals surface area contributed by atoms with Gasteiger partial charge in [0.25, 0.3) is 0 Å². The molecule has 1 rings (SSSR count). The number of nitrogens with one attached hydrogen (secondary N) is 3. The number of carbonyl (C=O) groups is 3. The molecule has 2 amide bonds. The van der Waals surface area contributed by atoms with Gasteiger partial charge in [-0.2, -0.15) is 0 Å². The minimum atomic E-state index is -1.69. The van der Waals surface area contributed by atoms with Gasteiger partial charge in [-0.15, -0.1) is 0 Å². The first-order valence-corrected chi connectivity index (χ1v) is 10.3. The molecular formula is C20H37N3O7. The molecule has 0 aromatic rings. The molecule has 30 heavy (non-hydrogen) atoms. The first-order chi connectivity index (χ1) is 13.8. The van der Waals surface area contributed by atoms with Crippen LogP contribution in [-0.4, -0.2) is 66.4 Å². The second-order valence-electron chi connectivity index (χ2n) is 8.81. The second kappa shape index (κ2) is 10.9. The van der Waals surface area contributed by atoms with E-state index in [0.29, 0.717) is 0 Å². The fourth-order valence-corrected chi connectivity index (χ4v) is 3.05. The van der Waals surface area contributed by atoms with E-state index >= 15 is 0 Å². The molecule has 174 valence electrons. The maximum atomic E-state index is 12.3. The Bertz CT molecular complexity index is 606. The van der Waals surface area contributed by atoms with Crippen LogP contribution in [0.5, 0.6) is 0 Å².